The number of thioether (sulfide) groups is 1. The topological polar surface area (TPSA) is 71.8 Å². The minimum absolute atomic E-state index is 0.0958. The summed E-state index contributed by atoms with van der Waals surface area (Å²) in [5, 5.41) is 14.8. The molecule has 2 rings (SSSR count). The van der Waals surface area contributed by atoms with Crippen LogP contribution in [0.2, 0.25) is 0 Å². The second-order valence-corrected chi connectivity index (χ2v) is 7.77. The summed E-state index contributed by atoms with van der Waals surface area (Å²) < 4.78 is 40.2. The van der Waals surface area contributed by atoms with Gasteiger partial charge in [0.1, 0.15) is 5.82 Å². The maximum absolute atomic E-state index is 12.7. The van der Waals surface area contributed by atoms with E-state index >= 15 is 0 Å². The van der Waals surface area contributed by atoms with Crippen molar-refractivity contribution in [1.82, 2.24) is 20.1 Å². The van der Waals surface area contributed by atoms with E-state index in [0.717, 1.165) is 29.7 Å². The van der Waals surface area contributed by atoms with E-state index in [0.29, 0.717) is 25.3 Å². The van der Waals surface area contributed by atoms with Crippen molar-refractivity contribution in [2.75, 3.05) is 24.7 Å². The summed E-state index contributed by atoms with van der Waals surface area (Å²) in [4.78, 5) is 11.9. The van der Waals surface area contributed by atoms with Gasteiger partial charge >= 0.3 is 6.18 Å². The van der Waals surface area contributed by atoms with Crippen LogP contribution in [-0.2, 0) is 23.9 Å². The van der Waals surface area contributed by atoms with Gasteiger partial charge in [-0.2, -0.15) is 13.2 Å². The molecule has 0 aliphatic rings. The van der Waals surface area contributed by atoms with Crippen molar-refractivity contribution in [1.29, 1.82) is 0 Å². The lowest BCUT2D eigenvalue weighted by atomic mass is 10.2. The van der Waals surface area contributed by atoms with Crippen LogP contribution in [0.1, 0.15) is 31.7 Å². The Morgan fingerprint density at radius 3 is 2.69 bits per heavy atom. The fourth-order valence-corrected chi connectivity index (χ4v) is 3.25. The number of nitrogens with one attached hydrogen (secondary N) is 2. The number of alkyl halides is 3. The molecule has 6 nitrogen and oxygen atoms in total. The van der Waals surface area contributed by atoms with Gasteiger partial charge in [0.25, 0.3) is 0 Å². The van der Waals surface area contributed by atoms with Crippen LogP contribution < -0.4 is 10.6 Å². The van der Waals surface area contributed by atoms with Gasteiger partial charge < -0.3 is 15.2 Å². The van der Waals surface area contributed by atoms with Crippen LogP contribution in [0.15, 0.2) is 29.4 Å². The number of hydrogen-bond acceptors (Lipinski definition) is 5. The van der Waals surface area contributed by atoms with Crippen molar-refractivity contribution in [3.63, 3.8) is 0 Å². The van der Waals surface area contributed by atoms with Gasteiger partial charge in [-0.15, -0.1) is 10.2 Å². The highest BCUT2D eigenvalue weighted by molar-refractivity contribution is 7.98. The van der Waals surface area contributed by atoms with Crippen molar-refractivity contribution >= 4 is 23.4 Å². The van der Waals surface area contributed by atoms with Crippen molar-refractivity contribution in [3.05, 3.63) is 35.7 Å². The van der Waals surface area contributed by atoms with Gasteiger partial charge in [-0.1, -0.05) is 31.7 Å². The first-order chi connectivity index (χ1) is 13.7. The summed E-state index contributed by atoms with van der Waals surface area (Å²) in [5.74, 6) is 1.08. The minimum atomic E-state index is -4.41. The Balaban J connectivity index is 1.76. The molecule has 0 radical (unpaired) electrons. The van der Waals surface area contributed by atoms with Crippen molar-refractivity contribution in [2.24, 2.45) is 5.92 Å². The standard InChI is InChI=1S/C19H26F3N5OS/c1-13(2)12-27-16(25-26-18(27)29-3)8-5-9-23-17(28)11-24-15-7-4-6-14(10-15)19(20,21)22/h4,6-7,10,13,24H,5,8-9,11-12H2,1-3H3,(H,23,28). The maximum atomic E-state index is 12.7. The molecule has 2 N–H and O–H groups in total. The van der Waals surface area contributed by atoms with Crippen LogP contribution in [0.3, 0.4) is 0 Å². The first-order valence-corrected chi connectivity index (χ1v) is 10.6. The van der Waals surface area contributed by atoms with Crippen LogP contribution in [0.4, 0.5) is 18.9 Å². The van der Waals surface area contributed by atoms with Gasteiger partial charge in [0.15, 0.2) is 5.16 Å². The normalized spacial score (nSPS) is 11.7. The summed E-state index contributed by atoms with van der Waals surface area (Å²) in [5.41, 5.74) is -0.501. The molecule has 0 saturated heterocycles. The minimum Gasteiger partial charge on any atom is -0.376 e. The third-order valence-corrected chi connectivity index (χ3v) is 4.73. The average molecular weight is 430 g/mol. The molecule has 2 aromatic rings. The maximum Gasteiger partial charge on any atom is 0.416 e. The van der Waals surface area contributed by atoms with E-state index in [4.69, 9.17) is 0 Å². The highest BCUT2D eigenvalue weighted by Gasteiger charge is 2.30. The van der Waals surface area contributed by atoms with Gasteiger partial charge in [-0.3, -0.25) is 4.79 Å². The van der Waals surface area contributed by atoms with E-state index in [1.807, 2.05) is 6.26 Å². The molecule has 0 aliphatic carbocycles. The first-order valence-electron chi connectivity index (χ1n) is 9.34. The molecule has 0 unspecified atom stereocenters. The van der Waals surface area contributed by atoms with E-state index in [1.165, 1.54) is 12.1 Å². The number of benzene rings is 1. The molecule has 1 aromatic heterocycles. The zero-order chi connectivity index (χ0) is 21.4. The van der Waals surface area contributed by atoms with Gasteiger partial charge in [-0.25, -0.2) is 0 Å². The number of aromatic nitrogens is 3. The van der Waals surface area contributed by atoms with Crippen LogP contribution in [-0.4, -0.2) is 40.0 Å². The largest absolute Gasteiger partial charge is 0.416 e. The SMILES string of the molecule is CSc1nnc(CCCNC(=O)CNc2cccc(C(F)(F)F)c2)n1CC(C)C. The third-order valence-electron chi connectivity index (χ3n) is 4.07. The Morgan fingerprint density at radius 1 is 1.28 bits per heavy atom. The molecule has 0 fully saturated rings. The highest BCUT2D eigenvalue weighted by atomic mass is 32.2. The van der Waals surface area contributed by atoms with Gasteiger partial charge in [0, 0.05) is 25.2 Å². The second-order valence-electron chi connectivity index (χ2n) is 6.99. The molecule has 0 atom stereocenters. The highest BCUT2D eigenvalue weighted by Crippen LogP contribution is 2.30. The van der Waals surface area contributed by atoms with E-state index in [2.05, 4.69) is 39.2 Å². The molecule has 160 valence electrons. The monoisotopic (exact) mass is 429 g/mol. The molecular weight excluding hydrogens is 403 g/mol. The molecular formula is C19H26F3N5OS. The van der Waals surface area contributed by atoms with Crippen LogP contribution in [0.5, 0.6) is 0 Å². The van der Waals surface area contributed by atoms with E-state index < -0.39 is 11.7 Å². The zero-order valence-corrected chi connectivity index (χ0v) is 17.5. The molecule has 1 heterocycles. The van der Waals surface area contributed by atoms with E-state index in [-0.39, 0.29) is 18.1 Å². The molecule has 29 heavy (non-hydrogen) atoms. The molecule has 10 heteroatoms. The van der Waals surface area contributed by atoms with Gasteiger partial charge in [-0.05, 0) is 36.8 Å². The first kappa shape index (κ1) is 23.1. The smallest absolute Gasteiger partial charge is 0.376 e. The number of anilines is 1. The second kappa shape index (κ2) is 10.5. The Bertz CT molecular complexity index is 807. The molecule has 0 aliphatic heterocycles. The molecule has 1 aromatic carbocycles. The summed E-state index contributed by atoms with van der Waals surface area (Å²) in [6.07, 6.45) is -1.07. The Labute approximate surface area is 172 Å². The lowest BCUT2D eigenvalue weighted by molar-refractivity contribution is -0.137. The number of carbonyl (C=O) groups is 1. The summed E-state index contributed by atoms with van der Waals surface area (Å²) in [6.45, 7) is 5.45. The van der Waals surface area contributed by atoms with Gasteiger partial charge in [0.05, 0.1) is 12.1 Å². The van der Waals surface area contributed by atoms with Crippen molar-refractivity contribution < 1.29 is 18.0 Å². The van der Waals surface area contributed by atoms with E-state index in [1.54, 1.807) is 11.8 Å². The summed E-state index contributed by atoms with van der Waals surface area (Å²) in [7, 11) is 0. The number of amides is 1. The summed E-state index contributed by atoms with van der Waals surface area (Å²) in [6, 6.07) is 4.77. The van der Waals surface area contributed by atoms with Crippen LogP contribution in [0.25, 0.3) is 0 Å². The Hall–Kier alpha value is -2.23. The zero-order valence-electron chi connectivity index (χ0n) is 16.7. The summed E-state index contributed by atoms with van der Waals surface area (Å²) >= 11 is 1.55. The van der Waals surface area contributed by atoms with Crippen molar-refractivity contribution in [2.45, 2.75) is 44.6 Å². The van der Waals surface area contributed by atoms with Crippen LogP contribution >= 0.6 is 11.8 Å². The molecule has 0 spiro atoms. The number of carbonyl (C=O) groups excluding carboxylic acids is 1. The predicted octanol–water partition coefficient (Wildman–Crippen LogP) is 3.84. The third kappa shape index (κ3) is 7.26. The number of halogens is 3. The fraction of sp³-hybridized carbons (Fsp3) is 0.526. The predicted molar refractivity (Wildman–Crippen MR) is 108 cm³/mol. The Kier molecular flexibility index (Phi) is 8.36. The van der Waals surface area contributed by atoms with Crippen molar-refractivity contribution in [3.8, 4) is 0 Å². The molecule has 1 amide bonds. The van der Waals surface area contributed by atoms with Gasteiger partial charge in [0.2, 0.25) is 5.91 Å². The van der Waals surface area contributed by atoms with Crippen LogP contribution in [0, 0.1) is 5.92 Å². The quantitative estimate of drug-likeness (QED) is 0.444. The number of aryl methyl sites for hydroxylation is 1. The number of nitrogens with zero attached hydrogens (tertiary/aromatic N) is 3. The number of hydrogen-bond donors (Lipinski definition) is 2. The lowest BCUT2D eigenvalue weighted by Crippen LogP contribution is -2.31. The molecule has 0 saturated carbocycles. The van der Waals surface area contributed by atoms with E-state index in [9.17, 15) is 18.0 Å². The number of rotatable bonds is 10. The average Bonchev–Trinajstić information content (AvgIpc) is 3.04. The Morgan fingerprint density at radius 2 is 2.03 bits per heavy atom. The fourth-order valence-electron chi connectivity index (χ4n) is 2.73. The molecule has 0 bridgehead atoms. The lowest BCUT2D eigenvalue weighted by Gasteiger charge is -2.12.